The van der Waals surface area contributed by atoms with Crippen LogP contribution in [0.1, 0.15) is 29.2 Å². The molecule has 0 amide bonds. The fourth-order valence-electron chi connectivity index (χ4n) is 1.93. The molecule has 0 aliphatic carbocycles. The number of benzene rings is 1. The highest BCUT2D eigenvalue weighted by atomic mass is 35.5. The maximum absolute atomic E-state index is 5.86. The summed E-state index contributed by atoms with van der Waals surface area (Å²) in [4.78, 5) is 2.63. The van der Waals surface area contributed by atoms with Crippen LogP contribution in [0.5, 0.6) is 0 Å². The zero-order valence-electron chi connectivity index (χ0n) is 12.6. The van der Waals surface area contributed by atoms with Gasteiger partial charge in [-0.15, -0.1) is 11.3 Å². The van der Waals surface area contributed by atoms with Crippen LogP contribution in [0.25, 0.3) is 0 Å². The van der Waals surface area contributed by atoms with Crippen molar-refractivity contribution in [2.24, 2.45) is 5.92 Å². The second-order valence-corrected chi connectivity index (χ2v) is 7.20. The van der Waals surface area contributed by atoms with Crippen molar-refractivity contribution in [2.45, 2.75) is 33.6 Å². The highest BCUT2D eigenvalue weighted by Gasteiger charge is 2.02. The number of ether oxygens (including phenoxy) is 1. The van der Waals surface area contributed by atoms with Crippen LogP contribution in [-0.2, 0) is 24.5 Å². The molecular formula is C17H22ClNOS. The van der Waals surface area contributed by atoms with Gasteiger partial charge >= 0.3 is 0 Å². The Balaban J connectivity index is 1.71. The van der Waals surface area contributed by atoms with Gasteiger partial charge in [-0.3, -0.25) is 0 Å². The van der Waals surface area contributed by atoms with Gasteiger partial charge in [0.05, 0.1) is 13.2 Å². The third-order valence-corrected chi connectivity index (χ3v) is 4.31. The van der Waals surface area contributed by atoms with Gasteiger partial charge in [0, 0.05) is 21.3 Å². The number of nitrogens with one attached hydrogen (secondary N) is 1. The Hall–Kier alpha value is -0.870. The van der Waals surface area contributed by atoms with E-state index < -0.39 is 0 Å². The summed E-state index contributed by atoms with van der Waals surface area (Å²) in [6.07, 6.45) is 0. The second kappa shape index (κ2) is 8.54. The number of rotatable bonds is 8. The molecule has 0 atom stereocenters. The minimum absolute atomic E-state index is 0.621. The molecule has 114 valence electrons. The molecule has 0 aliphatic heterocycles. The summed E-state index contributed by atoms with van der Waals surface area (Å²) in [6.45, 7) is 7.72. The van der Waals surface area contributed by atoms with E-state index in [0.29, 0.717) is 19.1 Å². The van der Waals surface area contributed by atoms with Crippen LogP contribution in [0.3, 0.4) is 0 Å². The van der Waals surface area contributed by atoms with Crippen LogP contribution in [0.2, 0.25) is 5.02 Å². The summed E-state index contributed by atoms with van der Waals surface area (Å²) in [5.41, 5.74) is 1.15. The Morgan fingerprint density at radius 3 is 2.48 bits per heavy atom. The highest BCUT2D eigenvalue weighted by Crippen LogP contribution is 2.18. The molecule has 0 aliphatic rings. The van der Waals surface area contributed by atoms with Gasteiger partial charge in [0.1, 0.15) is 0 Å². The predicted octanol–water partition coefficient (Wildman–Crippen LogP) is 4.86. The Morgan fingerprint density at radius 2 is 1.76 bits per heavy atom. The van der Waals surface area contributed by atoms with E-state index in [2.05, 4.69) is 31.3 Å². The van der Waals surface area contributed by atoms with Crippen LogP contribution < -0.4 is 5.32 Å². The van der Waals surface area contributed by atoms with Gasteiger partial charge in [0.15, 0.2) is 0 Å². The van der Waals surface area contributed by atoms with E-state index in [1.165, 1.54) is 9.75 Å². The van der Waals surface area contributed by atoms with Crippen molar-refractivity contribution in [3.63, 3.8) is 0 Å². The van der Waals surface area contributed by atoms with Crippen molar-refractivity contribution in [2.75, 3.05) is 6.54 Å². The lowest BCUT2D eigenvalue weighted by Gasteiger charge is -2.05. The lowest BCUT2D eigenvalue weighted by Crippen LogP contribution is -2.18. The number of thiophene rings is 1. The molecule has 1 heterocycles. The fourth-order valence-corrected chi connectivity index (χ4v) is 2.98. The Bertz CT molecular complexity index is 536. The van der Waals surface area contributed by atoms with Crippen LogP contribution in [0.4, 0.5) is 0 Å². The molecule has 0 unspecified atom stereocenters. The Labute approximate surface area is 136 Å². The maximum atomic E-state index is 5.86. The molecule has 0 fully saturated rings. The van der Waals surface area contributed by atoms with Gasteiger partial charge in [-0.25, -0.2) is 0 Å². The second-order valence-electron chi connectivity index (χ2n) is 5.51. The normalized spacial score (nSPS) is 11.2. The largest absolute Gasteiger partial charge is 0.371 e. The third kappa shape index (κ3) is 6.18. The number of hydrogen-bond acceptors (Lipinski definition) is 3. The smallest absolute Gasteiger partial charge is 0.0814 e. The van der Waals surface area contributed by atoms with Gasteiger partial charge in [0.2, 0.25) is 0 Å². The molecule has 0 saturated carbocycles. The first kappa shape index (κ1) is 16.5. The zero-order valence-corrected chi connectivity index (χ0v) is 14.1. The zero-order chi connectivity index (χ0) is 15.1. The van der Waals surface area contributed by atoms with Crippen LogP contribution in [-0.4, -0.2) is 6.54 Å². The van der Waals surface area contributed by atoms with Crippen molar-refractivity contribution in [1.29, 1.82) is 0 Å². The lowest BCUT2D eigenvalue weighted by atomic mass is 10.2. The summed E-state index contributed by atoms with van der Waals surface area (Å²) in [5.74, 6) is 0.687. The molecule has 1 aromatic heterocycles. The Morgan fingerprint density at radius 1 is 1.05 bits per heavy atom. The summed E-state index contributed by atoms with van der Waals surface area (Å²) >= 11 is 7.67. The van der Waals surface area contributed by atoms with Crippen LogP contribution >= 0.6 is 22.9 Å². The monoisotopic (exact) mass is 323 g/mol. The third-order valence-electron chi connectivity index (χ3n) is 3.00. The summed E-state index contributed by atoms with van der Waals surface area (Å²) in [6, 6.07) is 12.1. The van der Waals surface area contributed by atoms with Crippen molar-refractivity contribution in [3.8, 4) is 0 Å². The standard InChI is InChI=1S/C17H22ClNOS/c1-13(2)9-19-10-16-7-8-17(21-16)12-20-11-14-3-5-15(18)6-4-14/h3-8,13,19H,9-12H2,1-2H3. The van der Waals surface area contributed by atoms with Gasteiger partial charge in [-0.05, 0) is 42.3 Å². The molecule has 4 heteroatoms. The molecule has 2 rings (SSSR count). The first-order valence-electron chi connectivity index (χ1n) is 7.24. The van der Waals surface area contributed by atoms with Crippen molar-refractivity contribution in [3.05, 3.63) is 56.7 Å². The minimum atomic E-state index is 0.621. The lowest BCUT2D eigenvalue weighted by molar-refractivity contribution is 0.109. The maximum Gasteiger partial charge on any atom is 0.0814 e. The summed E-state index contributed by atoms with van der Waals surface area (Å²) < 4.78 is 5.75. The number of halogens is 1. The van der Waals surface area contributed by atoms with E-state index in [-0.39, 0.29) is 0 Å². The summed E-state index contributed by atoms with van der Waals surface area (Å²) in [5, 5.41) is 4.22. The van der Waals surface area contributed by atoms with Crippen LogP contribution in [0, 0.1) is 5.92 Å². The SMILES string of the molecule is CC(C)CNCc1ccc(COCc2ccc(Cl)cc2)s1. The molecule has 0 spiro atoms. The van der Waals surface area contributed by atoms with Crippen LogP contribution in [0.15, 0.2) is 36.4 Å². The predicted molar refractivity (Wildman–Crippen MR) is 90.8 cm³/mol. The van der Waals surface area contributed by atoms with E-state index in [0.717, 1.165) is 23.7 Å². The number of hydrogen-bond donors (Lipinski definition) is 1. The van der Waals surface area contributed by atoms with Crippen molar-refractivity contribution < 1.29 is 4.74 Å². The molecule has 0 saturated heterocycles. The molecule has 21 heavy (non-hydrogen) atoms. The first-order valence-corrected chi connectivity index (χ1v) is 8.43. The van der Waals surface area contributed by atoms with Gasteiger partial charge < -0.3 is 10.1 Å². The molecule has 1 aromatic carbocycles. The quantitative estimate of drug-likeness (QED) is 0.748. The molecule has 0 radical (unpaired) electrons. The molecule has 0 bridgehead atoms. The fraction of sp³-hybridized carbons (Fsp3) is 0.412. The molecule has 2 aromatic rings. The van der Waals surface area contributed by atoms with E-state index in [4.69, 9.17) is 16.3 Å². The summed E-state index contributed by atoms with van der Waals surface area (Å²) in [7, 11) is 0. The highest BCUT2D eigenvalue weighted by molar-refractivity contribution is 7.11. The van der Waals surface area contributed by atoms with E-state index in [9.17, 15) is 0 Å². The van der Waals surface area contributed by atoms with Gasteiger partial charge in [0.25, 0.3) is 0 Å². The Kier molecular flexibility index (Phi) is 6.71. The van der Waals surface area contributed by atoms with Crippen molar-refractivity contribution >= 4 is 22.9 Å². The first-order chi connectivity index (χ1) is 10.1. The van der Waals surface area contributed by atoms with Gasteiger partial charge in [-0.2, -0.15) is 0 Å². The molecule has 2 nitrogen and oxygen atoms in total. The van der Waals surface area contributed by atoms with Crippen molar-refractivity contribution in [1.82, 2.24) is 5.32 Å². The van der Waals surface area contributed by atoms with Gasteiger partial charge in [-0.1, -0.05) is 37.6 Å². The minimum Gasteiger partial charge on any atom is -0.371 e. The topological polar surface area (TPSA) is 21.3 Å². The molecular weight excluding hydrogens is 302 g/mol. The van der Waals surface area contributed by atoms with E-state index in [1.807, 2.05) is 35.6 Å². The van der Waals surface area contributed by atoms with E-state index in [1.54, 1.807) is 0 Å². The molecule has 1 N–H and O–H groups in total. The average molecular weight is 324 g/mol. The van der Waals surface area contributed by atoms with E-state index >= 15 is 0 Å². The average Bonchev–Trinajstić information content (AvgIpc) is 2.88.